The minimum absolute atomic E-state index is 0.141. The monoisotopic (exact) mass is 400 g/mol. The first-order chi connectivity index (χ1) is 13.4. The lowest BCUT2D eigenvalue weighted by Gasteiger charge is -2.25. The fourth-order valence-corrected chi connectivity index (χ4v) is 3.17. The highest BCUT2D eigenvalue weighted by atomic mass is 35.5. The number of halogens is 2. The molecule has 5 nitrogen and oxygen atoms in total. The molecule has 1 unspecified atom stereocenters. The van der Waals surface area contributed by atoms with E-state index in [2.05, 4.69) is 10.4 Å². The van der Waals surface area contributed by atoms with E-state index in [1.807, 2.05) is 49.3 Å². The molecule has 7 heteroatoms. The van der Waals surface area contributed by atoms with Gasteiger partial charge in [0.15, 0.2) is 0 Å². The van der Waals surface area contributed by atoms with Gasteiger partial charge in [0.2, 0.25) is 0 Å². The summed E-state index contributed by atoms with van der Waals surface area (Å²) in [5, 5.41) is 7.81. The molecule has 146 valence electrons. The van der Waals surface area contributed by atoms with Gasteiger partial charge in [-0.1, -0.05) is 41.9 Å². The van der Waals surface area contributed by atoms with E-state index in [1.54, 1.807) is 16.9 Å². The second-order valence-electron chi connectivity index (χ2n) is 6.76. The molecule has 1 atom stereocenters. The molecule has 1 heterocycles. The zero-order valence-corrected chi connectivity index (χ0v) is 16.5. The van der Waals surface area contributed by atoms with Gasteiger partial charge >= 0.3 is 0 Å². The summed E-state index contributed by atoms with van der Waals surface area (Å²) >= 11 is 6.18. The van der Waals surface area contributed by atoms with E-state index in [-0.39, 0.29) is 17.8 Å². The zero-order chi connectivity index (χ0) is 20.1. The van der Waals surface area contributed by atoms with Gasteiger partial charge in [0.05, 0.1) is 24.3 Å². The van der Waals surface area contributed by atoms with Gasteiger partial charge in [0.1, 0.15) is 5.82 Å². The SMILES string of the molecule is CN(C)C(CNC(=O)c1cnn(Cc2ccccc2Cl)c1)c1cccc(F)c1. The van der Waals surface area contributed by atoms with E-state index < -0.39 is 0 Å². The number of nitrogens with one attached hydrogen (secondary N) is 1. The molecule has 1 amide bonds. The van der Waals surface area contributed by atoms with Crippen molar-refractivity contribution in [2.24, 2.45) is 0 Å². The zero-order valence-electron chi connectivity index (χ0n) is 15.8. The Bertz CT molecular complexity index is 957. The quantitative estimate of drug-likeness (QED) is 0.657. The smallest absolute Gasteiger partial charge is 0.254 e. The predicted molar refractivity (Wildman–Crippen MR) is 108 cm³/mol. The molecule has 0 aliphatic carbocycles. The van der Waals surface area contributed by atoms with E-state index >= 15 is 0 Å². The van der Waals surface area contributed by atoms with E-state index in [1.165, 1.54) is 18.3 Å². The van der Waals surface area contributed by atoms with E-state index in [4.69, 9.17) is 11.6 Å². The number of aromatic nitrogens is 2. The van der Waals surface area contributed by atoms with Crippen LogP contribution in [-0.4, -0.2) is 41.2 Å². The number of carbonyl (C=O) groups is 1. The molecule has 2 aromatic carbocycles. The van der Waals surface area contributed by atoms with Crippen LogP contribution < -0.4 is 5.32 Å². The van der Waals surface area contributed by atoms with Crippen molar-refractivity contribution in [2.75, 3.05) is 20.6 Å². The summed E-state index contributed by atoms with van der Waals surface area (Å²) < 4.78 is 15.2. The van der Waals surface area contributed by atoms with Crippen molar-refractivity contribution in [3.05, 3.63) is 88.5 Å². The Balaban J connectivity index is 1.64. The molecule has 1 aromatic heterocycles. The van der Waals surface area contributed by atoms with Crippen molar-refractivity contribution in [2.45, 2.75) is 12.6 Å². The predicted octanol–water partition coefficient (Wildman–Crippen LogP) is 3.76. The third-order valence-electron chi connectivity index (χ3n) is 4.50. The molecule has 3 rings (SSSR count). The molecule has 0 radical (unpaired) electrons. The maximum absolute atomic E-state index is 13.5. The minimum Gasteiger partial charge on any atom is -0.350 e. The first-order valence-electron chi connectivity index (χ1n) is 8.90. The first-order valence-corrected chi connectivity index (χ1v) is 9.28. The van der Waals surface area contributed by atoms with E-state index in [0.717, 1.165) is 11.1 Å². The highest BCUT2D eigenvalue weighted by Gasteiger charge is 2.17. The standard InChI is InChI=1S/C21H22ClFN4O/c1-26(2)20(15-7-5-8-18(23)10-15)12-24-21(28)17-11-25-27(14-17)13-16-6-3-4-9-19(16)22/h3-11,14,20H,12-13H2,1-2H3,(H,24,28). The summed E-state index contributed by atoms with van der Waals surface area (Å²) in [5.74, 6) is -0.523. The third-order valence-corrected chi connectivity index (χ3v) is 4.87. The molecule has 3 aromatic rings. The van der Waals surface area contributed by atoms with Crippen molar-refractivity contribution >= 4 is 17.5 Å². The molecule has 0 saturated carbocycles. The normalized spacial score (nSPS) is 12.2. The highest BCUT2D eigenvalue weighted by molar-refractivity contribution is 6.31. The molecular formula is C21H22ClFN4O. The van der Waals surface area contributed by atoms with Crippen LogP contribution in [0.4, 0.5) is 4.39 Å². The lowest BCUT2D eigenvalue weighted by molar-refractivity contribution is 0.0942. The van der Waals surface area contributed by atoms with Gasteiger partial charge in [-0.05, 0) is 43.4 Å². The van der Waals surface area contributed by atoms with Crippen LogP contribution in [-0.2, 0) is 6.54 Å². The maximum Gasteiger partial charge on any atom is 0.254 e. The van der Waals surface area contributed by atoms with Gasteiger partial charge in [0.25, 0.3) is 5.91 Å². The number of nitrogens with zero attached hydrogens (tertiary/aromatic N) is 3. The summed E-state index contributed by atoms with van der Waals surface area (Å²) in [6.45, 7) is 0.835. The molecule has 0 spiro atoms. The third kappa shape index (κ3) is 4.97. The van der Waals surface area contributed by atoms with Crippen molar-refractivity contribution in [3.8, 4) is 0 Å². The van der Waals surface area contributed by atoms with E-state index in [0.29, 0.717) is 23.7 Å². The van der Waals surface area contributed by atoms with Crippen LogP contribution in [0.3, 0.4) is 0 Å². The van der Waals surface area contributed by atoms with Gasteiger partial charge in [-0.25, -0.2) is 4.39 Å². The van der Waals surface area contributed by atoms with Gasteiger partial charge in [-0.15, -0.1) is 0 Å². The average Bonchev–Trinajstić information content (AvgIpc) is 3.12. The molecule has 0 bridgehead atoms. The van der Waals surface area contributed by atoms with Crippen molar-refractivity contribution < 1.29 is 9.18 Å². The summed E-state index contributed by atoms with van der Waals surface area (Å²) in [7, 11) is 3.78. The topological polar surface area (TPSA) is 50.2 Å². The molecule has 0 fully saturated rings. The van der Waals surface area contributed by atoms with Crippen LogP contribution in [0.2, 0.25) is 5.02 Å². The number of likely N-dealkylation sites (N-methyl/N-ethyl adjacent to an activating group) is 1. The van der Waals surface area contributed by atoms with Gasteiger partial charge in [-0.2, -0.15) is 5.10 Å². The Hall–Kier alpha value is -2.70. The molecule has 1 N–H and O–H groups in total. The second-order valence-corrected chi connectivity index (χ2v) is 7.17. The number of benzene rings is 2. The number of amides is 1. The Labute approximate surface area is 168 Å². The Morgan fingerprint density at radius 3 is 2.75 bits per heavy atom. The summed E-state index contributed by atoms with van der Waals surface area (Å²) in [5.41, 5.74) is 2.20. The van der Waals surface area contributed by atoms with Crippen molar-refractivity contribution in [1.29, 1.82) is 0 Å². The molecule has 28 heavy (non-hydrogen) atoms. The molecular weight excluding hydrogens is 379 g/mol. The number of hydrogen-bond donors (Lipinski definition) is 1. The van der Waals surface area contributed by atoms with Crippen LogP contribution in [0.25, 0.3) is 0 Å². The number of rotatable bonds is 7. The number of carbonyl (C=O) groups excluding carboxylic acids is 1. The van der Waals surface area contributed by atoms with Crippen LogP contribution >= 0.6 is 11.6 Å². The van der Waals surface area contributed by atoms with Gasteiger partial charge in [-0.3, -0.25) is 9.48 Å². The van der Waals surface area contributed by atoms with Crippen molar-refractivity contribution in [3.63, 3.8) is 0 Å². The number of hydrogen-bond acceptors (Lipinski definition) is 3. The Kier molecular flexibility index (Phi) is 6.44. The van der Waals surface area contributed by atoms with Crippen LogP contribution in [0.1, 0.15) is 27.5 Å². The first kappa shape index (κ1) is 20.0. The average molecular weight is 401 g/mol. The fourth-order valence-electron chi connectivity index (χ4n) is 2.97. The van der Waals surface area contributed by atoms with Crippen LogP contribution in [0.15, 0.2) is 60.9 Å². The van der Waals surface area contributed by atoms with Gasteiger partial charge in [0, 0.05) is 17.8 Å². The minimum atomic E-state index is -0.295. The van der Waals surface area contributed by atoms with Gasteiger partial charge < -0.3 is 10.2 Å². The maximum atomic E-state index is 13.5. The second kappa shape index (κ2) is 8.99. The van der Waals surface area contributed by atoms with E-state index in [9.17, 15) is 9.18 Å². The lowest BCUT2D eigenvalue weighted by atomic mass is 10.1. The molecule has 0 saturated heterocycles. The Morgan fingerprint density at radius 2 is 2.04 bits per heavy atom. The summed E-state index contributed by atoms with van der Waals surface area (Å²) in [6.07, 6.45) is 3.21. The molecule has 0 aliphatic rings. The summed E-state index contributed by atoms with van der Waals surface area (Å²) in [4.78, 5) is 14.5. The Morgan fingerprint density at radius 1 is 1.25 bits per heavy atom. The van der Waals surface area contributed by atoms with Crippen LogP contribution in [0.5, 0.6) is 0 Å². The molecule has 0 aliphatic heterocycles. The largest absolute Gasteiger partial charge is 0.350 e. The van der Waals surface area contributed by atoms with Crippen molar-refractivity contribution in [1.82, 2.24) is 20.0 Å². The fraction of sp³-hybridized carbons (Fsp3) is 0.238. The summed E-state index contributed by atoms with van der Waals surface area (Å²) in [6, 6.07) is 13.8. The van der Waals surface area contributed by atoms with Crippen LogP contribution in [0, 0.1) is 5.82 Å². The highest BCUT2D eigenvalue weighted by Crippen LogP contribution is 2.19. The lowest BCUT2D eigenvalue weighted by Crippen LogP contribution is -2.34.